The Labute approximate surface area is 50.5 Å². The molecule has 44 valence electrons. The fourth-order valence-electron chi connectivity index (χ4n) is 0.496. The summed E-state index contributed by atoms with van der Waals surface area (Å²) in [6.07, 6.45) is 2.27. The molecular formula is C3H10N2S2. The molecule has 0 aliphatic carbocycles. The molecule has 1 aliphatic heterocycles. The second kappa shape index (κ2) is 2.26. The predicted octanol–water partition coefficient (Wildman–Crippen LogP) is 0.588. The van der Waals surface area contributed by atoms with Crippen molar-refractivity contribution in [1.82, 2.24) is 9.84 Å². The second-order valence-corrected chi connectivity index (χ2v) is 5.97. The van der Waals surface area contributed by atoms with Gasteiger partial charge in [-0.2, -0.15) is 14.8 Å². The Kier molecular flexibility index (Phi) is 1.86. The zero-order valence-corrected chi connectivity index (χ0v) is 6.22. The van der Waals surface area contributed by atoms with Gasteiger partial charge in [0.05, 0.1) is 5.88 Å². The van der Waals surface area contributed by atoms with Gasteiger partial charge in [-0.15, -0.1) is 0 Å². The fraction of sp³-hybridized carbons (Fsp3) is 1.00. The molecule has 1 rings (SSSR count). The van der Waals surface area contributed by atoms with Crippen LogP contribution in [-0.4, -0.2) is 24.2 Å². The monoisotopic (exact) mass is 138 g/mol. The van der Waals surface area contributed by atoms with Crippen molar-refractivity contribution in [2.24, 2.45) is 0 Å². The average Bonchev–Trinajstić information content (AvgIpc) is 1.87. The van der Waals surface area contributed by atoms with E-state index in [1.807, 2.05) is 11.0 Å². The summed E-state index contributed by atoms with van der Waals surface area (Å²) in [4.78, 5) is 3.15. The lowest BCUT2D eigenvalue weighted by molar-refractivity contribution is 0.377. The minimum Gasteiger partial charge on any atom is -0.228 e. The van der Waals surface area contributed by atoms with Crippen molar-refractivity contribution in [3.63, 3.8) is 0 Å². The van der Waals surface area contributed by atoms with E-state index < -0.39 is 0 Å². The summed E-state index contributed by atoms with van der Waals surface area (Å²) in [6, 6.07) is 0. The van der Waals surface area contributed by atoms with E-state index >= 15 is 0 Å². The number of hydrogen-bond acceptors (Lipinski definition) is 3. The summed E-state index contributed by atoms with van der Waals surface area (Å²) >= 11 is 0. The number of nitrogens with one attached hydrogen (secondary N) is 1. The van der Waals surface area contributed by atoms with Gasteiger partial charge in [0.25, 0.3) is 0 Å². The van der Waals surface area contributed by atoms with Gasteiger partial charge in [0.2, 0.25) is 0 Å². The number of rotatable bonds is 0. The van der Waals surface area contributed by atoms with Gasteiger partial charge >= 0.3 is 0 Å². The summed E-state index contributed by atoms with van der Waals surface area (Å²) in [6.45, 7) is 0. The Hall–Kier alpha value is 0.620. The van der Waals surface area contributed by atoms with Crippen molar-refractivity contribution < 1.29 is 0 Å². The van der Waals surface area contributed by atoms with Crippen molar-refractivity contribution in [2.75, 3.05) is 19.2 Å². The fourth-order valence-corrected chi connectivity index (χ4v) is 3.19. The largest absolute Gasteiger partial charge is 0.228 e. The molecule has 1 fully saturated rings. The maximum absolute atomic E-state index is 3.15. The molecule has 0 spiro atoms. The van der Waals surface area contributed by atoms with Crippen LogP contribution in [0.1, 0.15) is 0 Å². The molecule has 1 atom stereocenters. The normalized spacial score (nSPS) is 39.4. The third-order valence-corrected chi connectivity index (χ3v) is 3.82. The van der Waals surface area contributed by atoms with Gasteiger partial charge in [0, 0.05) is 7.05 Å². The highest BCUT2D eigenvalue weighted by atomic mass is 33.1. The van der Waals surface area contributed by atoms with Gasteiger partial charge in [0.15, 0.2) is 0 Å². The summed E-state index contributed by atoms with van der Waals surface area (Å²) in [5, 5.41) is 2.12. The third kappa shape index (κ3) is 1.53. The predicted molar refractivity (Wildman–Crippen MR) is 38.3 cm³/mol. The molecule has 4 heteroatoms. The van der Waals surface area contributed by atoms with Gasteiger partial charge in [0.1, 0.15) is 0 Å². The summed E-state index contributed by atoms with van der Waals surface area (Å²) in [7, 11) is 4.14. The average molecular weight is 138 g/mol. The molecule has 2 nitrogen and oxygen atoms in total. The van der Waals surface area contributed by atoms with Crippen LogP contribution in [0.15, 0.2) is 0 Å². The molecule has 1 heterocycles. The molecule has 1 unspecified atom stereocenters. The molecule has 0 amide bonds. The Balaban J connectivity index is 2.26. The Morgan fingerprint density at radius 2 is 2.57 bits per heavy atom. The first-order valence-corrected chi connectivity index (χ1v) is 5.53. The second-order valence-electron chi connectivity index (χ2n) is 1.65. The Morgan fingerprint density at radius 3 is 2.71 bits per heavy atom. The number of nitrogens with zero attached hydrogens (tertiary/aromatic N) is 1. The van der Waals surface area contributed by atoms with Gasteiger partial charge in [-0.3, -0.25) is 0 Å². The topological polar surface area (TPSA) is 15.3 Å². The maximum Gasteiger partial charge on any atom is 0.0505 e. The molecule has 0 bridgehead atoms. The van der Waals surface area contributed by atoms with Crippen molar-refractivity contribution >= 4 is 20.9 Å². The van der Waals surface area contributed by atoms with Crippen LogP contribution in [0.2, 0.25) is 0 Å². The first-order valence-electron chi connectivity index (χ1n) is 2.14. The van der Waals surface area contributed by atoms with Crippen molar-refractivity contribution in [2.45, 2.75) is 0 Å². The standard InChI is InChI=1S/C3H10N2S2/c1-5-3-7(2)6-4-5/h4,7H,3H2,1-2H3. The van der Waals surface area contributed by atoms with Crippen LogP contribution < -0.4 is 4.83 Å². The van der Waals surface area contributed by atoms with Crippen LogP contribution in [0.4, 0.5) is 0 Å². The highest BCUT2D eigenvalue weighted by Gasteiger charge is 2.10. The van der Waals surface area contributed by atoms with E-state index in [0.717, 1.165) is 0 Å². The summed E-state index contributed by atoms with van der Waals surface area (Å²) < 4.78 is 0. The van der Waals surface area contributed by atoms with Crippen LogP contribution in [-0.2, 0) is 0 Å². The van der Waals surface area contributed by atoms with E-state index in [1.165, 1.54) is 5.88 Å². The highest BCUT2D eigenvalue weighted by molar-refractivity contribution is 8.84. The van der Waals surface area contributed by atoms with Crippen LogP contribution in [0.25, 0.3) is 0 Å². The Bertz CT molecular complexity index is 60.0. The van der Waals surface area contributed by atoms with E-state index in [1.54, 1.807) is 0 Å². The molecule has 1 saturated heterocycles. The zero-order valence-electron chi connectivity index (χ0n) is 4.51. The van der Waals surface area contributed by atoms with E-state index in [2.05, 4.69) is 23.1 Å². The van der Waals surface area contributed by atoms with Crippen LogP contribution in [0, 0.1) is 0 Å². The summed E-state index contributed by atoms with van der Waals surface area (Å²) in [5.74, 6) is 1.22. The minimum absolute atomic E-state index is 0.227. The van der Waals surface area contributed by atoms with E-state index in [-0.39, 0.29) is 9.93 Å². The number of thiol groups is 1. The summed E-state index contributed by atoms with van der Waals surface area (Å²) in [5.41, 5.74) is 0. The highest BCUT2D eigenvalue weighted by Crippen LogP contribution is 2.38. The van der Waals surface area contributed by atoms with Gasteiger partial charge in [-0.05, 0) is 17.2 Å². The Morgan fingerprint density at radius 1 is 1.86 bits per heavy atom. The first-order chi connectivity index (χ1) is 3.29. The zero-order chi connectivity index (χ0) is 5.28. The molecule has 0 aromatic rings. The van der Waals surface area contributed by atoms with E-state index in [0.29, 0.717) is 0 Å². The lowest BCUT2D eigenvalue weighted by Crippen LogP contribution is -2.21. The smallest absolute Gasteiger partial charge is 0.0505 e. The van der Waals surface area contributed by atoms with Crippen LogP contribution in [0.3, 0.4) is 0 Å². The third-order valence-electron chi connectivity index (χ3n) is 0.764. The van der Waals surface area contributed by atoms with E-state index in [9.17, 15) is 0 Å². The van der Waals surface area contributed by atoms with Crippen molar-refractivity contribution in [1.29, 1.82) is 0 Å². The number of hydrogen-bond donors (Lipinski definition) is 2. The van der Waals surface area contributed by atoms with E-state index in [4.69, 9.17) is 0 Å². The van der Waals surface area contributed by atoms with Gasteiger partial charge in [-0.25, -0.2) is 5.01 Å². The molecule has 7 heavy (non-hydrogen) atoms. The minimum atomic E-state index is 0.227. The quantitative estimate of drug-likeness (QED) is 0.289. The SMILES string of the molecule is CN1C[SH](C)SN1. The lowest BCUT2D eigenvalue weighted by atomic mass is 11.2. The van der Waals surface area contributed by atoms with Gasteiger partial charge in [-0.1, -0.05) is 0 Å². The maximum atomic E-state index is 3.15. The molecule has 0 aromatic heterocycles. The van der Waals surface area contributed by atoms with Crippen molar-refractivity contribution in [3.05, 3.63) is 0 Å². The molecular weight excluding hydrogens is 128 g/mol. The molecule has 1 N–H and O–H groups in total. The molecule has 0 aromatic carbocycles. The lowest BCUT2D eigenvalue weighted by Gasteiger charge is -2.02. The van der Waals surface area contributed by atoms with Crippen molar-refractivity contribution in [3.8, 4) is 0 Å². The molecule has 1 aliphatic rings. The molecule has 0 saturated carbocycles. The van der Waals surface area contributed by atoms with Gasteiger partial charge < -0.3 is 0 Å². The van der Waals surface area contributed by atoms with Crippen LogP contribution >= 0.6 is 20.9 Å². The first kappa shape index (κ1) is 5.75. The number of hydrazine groups is 1. The molecule has 0 radical (unpaired) electrons. The van der Waals surface area contributed by atoms with Crippen LogP contribution in [0.5, 0.6) is 0 Å².